The molecule has 0 radical (unpaired) electrons. The van der Waals surface area contributed by atoms with E-state index in [1.807, 2.05) is 18.2 Å². The zero-order valence-electron chi connectivity index (χ0n) is 15.7. The number of hydrogen-bond donors (Lipinski definition) is 2. The summed E-state index contributed by atoms with van der Waals surface area (Å²) in [6, 6.07) is 12.2. The van der Waals surface area contributed by atoms with E-state index in [0.717, 1.165) is 30.7 Å². The van der Waals surface area contributed by atoms with Crippen molar-refractivity contribution in [1.82, 2.24) is 15.6 Å². The number of hydrogen-bond acceptors (Lipinski definition) is 5. The predicted octanol–water partition coefficient (Wildman–Crippen LogP) is 2.79. The lowest BCUT2D eigenvalue weighted by molar-refractivity contribution is -0.384. The van der Waals surface area contributed by atoms with Gasteiger partial charge in [-0.1, -0.05) is 18.2 Å². The van der Waals surface area contributed by atoms with Crippen LogP contribution in [0.5, 0.6) is 0 Å². The van der Waals surface area contributed by atoms with Crippen molar-refractivity contribution in [3.63, 3.8) is 0 Å². The number of aromatic nitrogens is 1. The molecule has 1 atom stereocenters. The van der Waals surface area contributed by atoms with Crippen LogP contribution in [0.3, 0.4) is 0 Å². The molecule has 8 heteroatoms. The lowest BCUT2D eigenvalue weighted by Crippen LogP contribution is -2.42. The van der Waals surface area contributed by atoms with E-state index < -0.39 is 4.92 Å². The highest BCUT2D eigenvalue weighted by Gasteiger charge is 2.14. The maximum absolute atomic E-state index is 10.8. The number of nitro benzene ring substituents is 1. The molecule has 8 nitrogen and oxygen atoms in total. The van der Waals surface area contributed by atoms with E-state index in [9.17, 15) is 10.1 Å². The highest BCUT2D eigenvalue weighted by molar-refractivity contribution is 5.79. The van der Waals surface area contributed by atoms with E-state index in [0.29, 0.717) is 25.6 Å². The van der Waals surface area contributed by atoms with Crippen LogP contribution < -0.4 is 10.6 Å². The van der Waals surface area contributed by atoms with Crippen molar-refractivity contribution < 1.29 is 9.66 Å². The Balaban J connectivity index is 1.61. The van der Waals surface area contributed by atoms with Crippen LogP contribution in [0.4, 0.5) is 5.69 Å². The summed E-state index contributed by atoms with van der Waals surface area (Å²) in [7, 11) is 0. The first-order valence-corrected chi connectivity index (χ1v) is 9.48. The number of nitrogens with one attached hydrogen (secondary N) is 2. The molecule has 28 heavy (non-hydrogen) atoms. The van der Waals surface area contributed by atoms with Crippen LogP contribution in [0.1, 0.15) is 30.5 Å². The second kappa shape index (κ2) is 10.4. The number of aliphatic imine (C=N–C) groups is 1. The average Bonchev–Trinajstić information content (AvgIpc) is 2.75. The molecular weight excluding hydrogens is 358 g/mol. The van der Waals surface area contributed by atoms with Crippen LogP contribution in [0, 0.1) is 10.1 Å². The predicted molar refractivity (Wildman–Crippen MR) is 107 cm³/mol. The van der Waals surface area contributed by atoms with E-state index in [1.165, 1.54) is 18.6 Å². The van der Waals surface area contributed by atoms with E-state index >= 15 is 0 Å². The minimum atomic E-state index is -0.404. The van der Waals surface area contributed by atoms with Gasteiger partial charge < -0.3 is 15.4 Å². The molecule has 3 rings (SSSR count). The Hall–Kier alpha value is -3.00. The van der Waals surface area contributed by atoms with Gasteiger partial charge in [-0.15, -0.1) is 0 Å². The standard InChI is InChI=1S/C20H25N5O3/c26-25(27)18-9-7-16(8-10-18)13-22-20(23-14-17-5-1-3-11-21-17)24-15-19-6-2-4-12-28-19/h1,3,5,7-11,19H,2,4,6,12-15H2,(H2,22,23,24). The number of guanidine groups is 1. The summed E-state index contributed by atoms with van der Waals surface area (Å²) in [6.45, 7) is 2.47. The lowest BCUT2D eigenvalue weighted by Gasteiger charge is -2.23. The number of nitro groups is 1. The molecule has 0 amide bonds. The van der Waals surface area contributed by atoms with Gasteiger partial charge in [-0.2, -0.15) is 0 Å². The molecule has 2 N–H and O–H groups in total. The van der Waals surface area contributed by atoms with Crippen molar-refractivity contribution in [2.75, 3.05) is 13.2 Å². The van der Waals surface area contributed by atoms with Gasteiger partial charge in [-0.25, -0.2) is 4.99 Å². The Labute approximate surface area is 164 Å². The highest BCUT2D eigenvalue weighted by atomic mass is 16.6. The van der Waals surface area contributed by atoms with Crippen LogP contribution >= 0.6 is 0 Å². The first-order valence-electron chi connectivity index (χ1n) is 9.48. The second-order valence-corrected chi connectivity index (χ2v) is 6.63. The summed E-state index contributed by atoms with van der Waals surface area (Å²) in [5.74, 6) is 0.665. The Bertz CT molecular complexity index is 774. The van der Waals surface area contributed by atoms with Crippen LogP contribution in [-0.4, -0.2) is 35.1 Å². The van der Waals surface area contributed by atoms with Gasteiger partial charge >= 0.3 is 0 Å². The number of non-ortho nitro benzene ring substituents is 1. The minimum absolute atomic E-state index is 0.0776. The van der Waals surface area contributed by atoms with Crippen LogP contribution in [-0.2, 0) is 17.8 Å². The largest absolute Gasteiger partial charge is 0.376 e. The van der Waals surface area contributed by atoms with Crippen LogP contribution in [0.2, 0.25) is 0 Å². The zero-order valence-corrected chi connectivity index (χ0v) is 15.7. The lowest BCUT2D eigenvalue weighted by atomic mass is 10.1. The van der Waals surface area contributed by atoms with E-state index in [4.69, 9.17) is 4.74 Å². The molecule has 1 aliphatic rings. The van der Waals surface area contributed by atoms with Crippen LogP contribution in [0.25, 0.3) is 0 Å². The third-order valence-corrected chi connectivity index (χ3v) is 4.50. The molecule has 148 valence electrons. The first-order chi connectivity index (χ1) is 13.7. The summed E-state index contributed by atoms with van der Waals surface area (Å²) in [4.78, 5) is 19.3. The molecule has 1 aliphatic heterocycles. The van der Waals surface area contributed by atoms with Crippen molar-refractivity contribution in [2.24, 2.45) is 4.99 Å². The molecule has 0 aliphatic carbocycles. The van der Waals surface area contributed by atoms with Crippen molar-refractivity contribution in [2.45, 2.75) is 38.5 Å². The molecule has 1 aromatic heterocycles. The smallest absolute Gasteiger partial charge is 0.269 e. The molecule has 1 saturated heterocycles. The molecule has 1 fully saturated rings. The van der Waals surface area contributed by atoms with E-state index in [-0.39, 0.29) is 11.8 Å². The second-order valence-electron chi connectivity index (χ2n) is 6.63. The summed E-state index contributed by atoms with van der Waals surface area (Å²) in [5.41, 5.74) is 1.90. The van der Waals surface area contributed by atoms with E-state index in [1.54, 1.807) is 18.3 Å². The fourth-order valence-electron chi connectivity index (χ4n) is 2.92. The molecule has 1 unspecified atom stereocenters. The Morgan fingerprint density at radius 2 is 2.07 bits per heavy atom. The molecule has 1 aromatic carbocycles. The summed E-state index contributed by atoms with van der Waals surface area (Å²) >= 11 is 0. The SMILES string of the molecule is O=[N+]([O-])c1ccc(CN=C(NCc2ccccn2)NCC2CCCCO2)cc1. The number of ether oxygens (including phenoxy) is 1. The van der Waals surface area contributed by atoms with Gasteiger partial charge in [0.25, 0.3) is 5.69 Å². The van der Waals surface area contributed by atoms with Crippen molar-refractivity contribution in [3.8, 4) is 0 Å². The van der Waals surface area contributed by atoms with Gasteiger partial charge in [-0.3, -0.25) is 15.1 Å². The fourth-order valence-corrected chi connectivity index (χ4v) is 2.92. The fraction of sp³-hybridized carbons (Fsp3) is 0.400. The number of pyridine rings is 1. The topological polar surface area (TPSA) is 102 Å². The van der Waals surface area contributed by atoms with Gasteiger partial charge in [0.2, 0.25) is 0 Å². The molecule has 0 spiro atoms. The van der Waals surface area contributed by atoms with E-state index in [2.05, 4.69) is 20.6 Å². The Morgan fingerprint density at radius 1 is 1.21 bits per heavy atom. The monoisotopic (exact) mass is 383 g/mol. The number of rotatable bonds is 7. The molecule has 0 bridgehead atoms. The van der Waals surface area contributed by atoms with Crippen molar-refractivity contribution in [3.05, 3.63) is 70.0 Å². The quantitative estimate of drug-likeness (QED) is 0.330. The van der Waals surface area contributed by atoms with Gasteiger partial charge in [-0.05, 0) is 37.0 Å². The third-order valence-electron chi connectivity index (χ3n) is 4.50. The molecule has 0 saturated carbocycles. The zero-order chi connectivity index (χ0) is 19.6. The summed E-state index contributed by atoms with van der Waals surface area (Å²) in [5, 5.41) is 17.4. The summed E-state index contributed by atoms with van der Waals surface area (Å²) < 4.78 is 5.77. The van der Waals surface area contributed by atoms with Crippen molar-refractivity contribution >= 4 is 11.6 Å². The minimum Gasteiger partial charge on any atom is -0.376 e. The normalized spacial score (nSPS) is 17.1. The highest BCUT2D eigenvalue weighted by Crippen LogP contribution is 2.13. The van der Waals surface area contributed by atoms with Crippen LogP contribution in [0.15, 0.2) is 53.7 Å². The molecule has 2 heterocycles. The Kier molecular flexibility index (Phi) is 7.31. The van der Waals surface area contributed by atoms with Gasteiger partial charge in [0, 0.05) is 31.5 Å². The first kappa shape index (κ1) is 19.8. The van der Waals surface area contributed by atoms with Gasteiger partial charge in [0.05, 0.1) is 29.8 Å². The molecule has 2 aromatic rings. The number of nitrogens with zero attached hydrogens (tertiary/aromatic N) is 3. The molecular formula is C20H25N5O3. The Morgan fingerprint density at radius 3 is 2.75 bits per heavy atom. The van der Waals surface area contributed by atoms with Crippen molar-refractivity contribution in [1.29, 1.82) is 0 Å². The summed E-state index contributed by atoms with van der Waals surface area (Å²) in [6.07, 6.45) is 5.30. The van der Waals surface area contributed by atoms with Gasteiger partial charge in [0.1, 0.15) is 0 Å². The maximum atomic E-state index is 10.8. The maximum Gasteiger partial charge on any atom is 0.269 e. The average molecular weight is 383 g/mol. The van der Waals surface area contributed by atoms with Gasteiger partial charge in [0.15, 0.2) is 5.96 Å². The third kappa shape index (κ3) is 6.31. The number of benzene rings is 1.